The molecule has 180 valence electrons. The Morgan fingerprint density at radius 2 is 2.00 bits per heavy atom. The first-order valence-electron chi connectivity index (χ1n) is 12.6. The van der Waals surface area contributed by atoms with Crippen molar-refractivity contribution in [2.45, 2.75) is 72.1 Å². The number of carbonyl (C=O) groups excluding carboxylic acids is 1. The highest BCUT2D eigenvalue weighted by molar-refractivity contribution is 5.92. The number of aromatic nitrogens is 1. The molecule has 1 aliphatic heterocycles. The second-order valence-corrected chi connectivity index (χ2v) is 9.92. The average molecular weight is 458 g/mol. The number of nitriles is 1. The van der Waals surface area contributed by atoms with Crippen LogP contribution in [0.25, 0.3) is 16.5 Å². The van der Waals surface area contributed by atoms with Crippen LogP contribution in [-0.2, 0) is 4.79 Å². The number of nitrogens with one attached hydrogen (secondary N) is 1. The molecule has 3 rings (SSSR count). The van der Waals surface area contributed by atoms with Crippen molar-refractivity contribution in [2.75, 3.05) is 13.1 Å². The van der Waals surface area contributed by atoms with Crippen molar-refractivity contribution in [1.82, 2.24) is 9.88 Å². The third-order valence-electron chi connectivity index (χ3n) is 7.35. The molecule has 1 N–H and O–H groups in total. The fourth-order valence-electron chi connectivity index (χ4n) is 4.99. The van der Waals surface area contributed by atoms with E-state index in [0.717, 1.165) is 37.9 Å². The molecule has 1 atom stereocenters. The molecule has 2 heterocycles. The van der Waals surface area contributed by atoms with Crippen LogP contribution in [0, 0.1) is 17.2 Å². The van der Waals surface area contributed by atoms with E-state index in [-0.39, 0.29) is 12.3 Å². The molecule has 1 saturated heterocycles. The minimum Gasteiger partial charge on any atom is -0.354 e. The lowest BCUT2D eigenvalue weighted by Crippen LogP contribution is -2.37. The molecule has 4 heteroatoms. The first-order valence-corrected chi connectivity index (χ1v) is 12.6. The molecule has 0 saturated carbocycles. The topological polar surface area (TPSA) is 59.9 Å². The van der Waals surface area contributed by atoms with Crippen molar-refractivity contribution in [1.29, 1.82) is 5.26 Å². The number of carbonyl (C=O) groups is 1. The average Bonchev–Trinajstić information content (AvgIpc) is 3.22. The van der Waals surface area contributed by atoms with E-state index >= 15 is 0 Å². The van der Waals surface area contributed by atoms with Crippen LogP contribution >= 0.6 is 0 Å². The number of rotatable bonds is 8. The molecule has 4 nitrogen and oxygen atoms in total. The van der Waals surface area contributed by atoms with Gasteiger partial charge in [0.25, 0.3) is 0 Å². The van der Waals surface area contributed by atoms with E-state index < -0.39 is 0 Å². The fourth-order valence-corrected chi connectivity index (χ4v) is 4.99. The summed E-state index contributed by atoms with van der Waals surface area (Å²) in [6.07, 6.45) is 9.27. The predicted molar refractivity (Wildman–Crippen MR) is 143 cm³/mol. The van der Waals surface area contributed by atoms with E-state index in [0.29, 0.717) is 17.8 Å². The molecule has 0 spiro atoms. The summed E-state index contributed by atoms with van der Waals surface area (Å²) in [6, 6.07) is 8.79. The summed E-state index contributed by atoms with van der Waals surface area (Å²) in [7, 11) is 0. The molecule has 1 aromatic heterocycles. The Balaban J connectivity index is 1.97. The summed E-state index contributed by atoms with van der Waals surface area (Å²) in [4.78, 5) is 17.6. The van der Waals surface area contributed by atoms with Crippen molar-refractivity contribution >= 4 is 22.4 Å². The Kier molecular flexibility index (Phi) is 8.56. The second kappa shape index (κ2) is 11.4. The monoisotopic (exact) mass is 457 g/mol. The Morgan fingerprint density at radius 3 is 2.59 bits per heavy atom. The largest absolute Gasteiger partial charge is 0.354 e. The van der Waals surface area contributed by atoms with Gasteiger partial charge in [0, 0.05) is 29.7 Å². The van der Waals surface area contributed by atoms with Crippen LogP contribution in [0.15, 0.2) is 48.6 Å². The molecular weight excluding hydrogens is 418 g/mol. The van der Waals surface area contributed by atoms with Crippen LogP contribution in [0.3, 0.4) is 0 Å². The third kappa shape index (κ3) is 5.53. The molecule has 0 bridgehead atoms. The number of piperidine rings is 1. The van der Waals surface area contributed by atoms with Gasteiger partial charge in [-0.1, -0.05) is 64.1 Å². The van der Waals surface area contributed by atoms with Crippen LogP contribution < -0.4 is 0 Å². The summed E-state index contributed by atoms with van der Waals surface area (Å²) in [5.74, 6) is 1.30. The molecule has 1 aromatic carbocycles. The van der Waals surface area contributed by atoms with Gasteiger partial charge in [0.15, 0.2) is 0 Å². The van der Waals surface area contributed by atoms with Gasteiger partial charge in [-0.25, -0.2) is 0 Å². The predicted octanol–water partition coefficient (Wildman–Crippen LogP) is 7.47. The van der Waals surface area contributed by atoms with Crippen LogP contribution in [0.5, 0.6) is 0 Å². The first kappa shape index (κ1) is 25.6. The van der Waals surface area contributed by atoms with E-state index in [4.69, 9.17) is 5.26 Å². The number of hydrogen-bond donors (Lipinski definition) is 1. The molecular formula is C30H39N3O. The zero-order valence-electron chi connectivity index (χ0n) is 21.4. The highest BCUT2D eigenvalue weighted by Gasteiger charge is 2.25. The molecule has 1 aliphatic rings. The van der Waals surface area contributed by atoms with Crippen molar-refractivity contribution in [3.63, 3.8) is 0 Å². The zero-order valence-corrected chi connectivity index (χ0v) is 21.4. The van der Waals surface area contributed by atoms with E-state index in [2.05, 4.69) is 76.5 Å². The maximum absolute atomic E-state index is 12.1. The van der Waals surface area contributed by atoms with Gasteiger partial charge in [0.2, 0.25) is 5.91 Å². The normalized spacial score (nSPS) is 16.7. The standard InChI is InChI=1S/C30H39N3O/c1-7-9-25(18-22(6)21(5)8-2)30-29(20(3)4)26-19-24(10-11-27(26)32-30)23-13-16-33(17-14-23)28(34)12-15-31/h7,9-11,18-21,23,32H,1,8,12-14,16-17H2,2-6H3/b22-18-,25-9+. The van der Waals surface area contributed by atoms with E-state index in [1.807, 2.05) is 17.0 Å². The summed E-state index contributed by atoms with van der Waals surface area (Å²) in [5.41, 5.74) is 7.59. The number of amides is 1. The van der Waals surface area contributed by atoms with Crippen molar-refractivity contribution in [3.8, 4) is 6.07 Å². The summed E-state index contributed by atoms with van der Waals surface area (Å²) >= 11 is 0. The van der Waals surface area contributed by atoms with Gasteiger partial charge >= 0.3 is 0 Å². The number of H-pyrrole nitrogens is 1. The molecule has 0 aliphatic carbocycles. The molecule has 2 aromatic rings. The molecule has 0 radical (unpaired) electrons. The SMILES string of the molecule is C=C/C=C(\C=C(\C)C(C)CC)c1[nH]c2ccc(C3CCN(C(=O)CC#N)CC3)cc2c1C(C)C. The molecule has 1 unspecified atom stereocenters. The van der Waals surface area contributed by atoms with E-state index in [9.17, 15) is 4.79 Å². The number of aromatic amines is 1. The minimum absolute atomic E-state index is 0.0218. The van der Waals surface area contributed by atoms with Crippen LogP contribution in [-0.4, -0.2) is 28.9 Å². The lowest BCUT2D eigenvalue weighted by Gasteiger charge is -2.32. The summed E-state index contributed by atoms with van der Waals surface area (Å²) < 4.78 is 0. The quantitative estimate of drug-likeness (QED) is 0.418. The first-order chi connectivity index (χ1) is 16.3. The van der Waals surface area contributed by atoms with Gasteiger partial charge in [-0.3, -0.25) is 4.79 Å². The van der Waals surface area contributed by atoms with Crippen LogP contribution in [0.2, 0.25) is 0 Å². The van der Waals surface area contributed by atoms with Crippen molar-refractivity contribution < 1.29 is 4.79 Å². The Labute approximate surface area is 205 Å². The maximum Gasteiger partial charge on any atom is 0.236 e. The third-order valence-corrected chi connectivity index (χ3v) is 7.35. The smallest absolute Gasteiger partial charge is 0.236 e. The zero-order chi connectivity index (χ0) is 24.8. The van der Waals surface area contributed by atoms with Gasteiger partial charge in [0.1, 0.15) is 6.42 Å². The highest BCUT2D eigenvalue weighted by Crippen LogP contribution is 2.37. The molecule has 1 fully saturated rings. The number of fused-ring (bicyclic) bond motifs is 1. The Bertz CT molecular complexity index is 1130. The van der Waals surface area contributed by atoms with Crippen LogP contribution in [0.1, 0.15) is 89.0 Å². The van der Waals surface area contributed by atoms with E-state index in [1.54, 1.807) is 0 Å². The van der Waals surface area contributed by atoms with Gasteiger partial charge in [-0.2, -0.15) is 5.26 Å². The van der Waals surface area contributed by atoms with Gasteiger partial charge in [-0.15, -0.1) is 0 Å². The van der Waals surface area contributed by atoms with Gasteiger partial charge in [-0.05, 0) is 72.8 Å². The number of allylic oxidation sites excluding steroid dienone is 5. The van der Waals surface area contributed by atoms with Crippen molar-refractivity contribution in [3.05, 3.63) is 65.4 Å². The lowest BCUT2D eigenvalue weighted by molar-refractivity contribution is -0.131. The number of hydrogen-bond acceptors (Lipinski definition) is 2. The minimum atomic E-state index is -0.0453. The van der Waals surface area contributed by atoms with E-state index in [1.165, 1.54) is 33.4 Å². The fraction of sp³-hybridized carbons (Fsp3) is 0.467. The number of nitrogens with zero attached hydrogens (tertiary/aromatic N) is 2. The second-order valence-electron chi connectivity index (χ2n) is 9.92. The maximum atomic E-state index is 12.1. The summed E-state index contributed by atoms with van der Waals surface area (Å²) in [5, 5.41) is 10.1. The summed E-state index contributed by atoms with van der Waals surface area (Å²) in [6.45, 7) is 16.7. The Morgan fingerprint density at radius 1 is 1.29 bits per heavy atom. The van der Waals surface area contributed by atoms with Crippen molar-refractivity contribution in [2.24, 2.45) is 5.92 Å². The van der Waals surface area contributed by atoms with Gasteiger partial charge in [0.05, 0.1) is 6.07 Å². The molecule has 34 heavy (non-hydrogen) atoms. The lowest BCUT2D eigenvalue weighted by atomic mass is 9.87. The molecule has 1 amide bonds. The van der Waals surface area contributed by atoms with Crippen LogP contribution in [0.4, 0.5) is 0 Å². The highest BCUT2D eigenvalue weighted by atomic mass is 16.2. The number of likely N-dealkylation sites (tertiary alicyclic amines) is 1. The Hall–Kier alpha value is -3.06. The number of benzene rings is 1. The van der Waals surface area contributed by atoms with Gasteiger partial charge < -0.3 is 9.88 Å².